The molecule has 0 aromatic heterocycles. The molecule has 0 saturated carbocycles. The fourth-order valence-corrected chi connectivity index (χ4v) is 3.48. The van der Waals surface area contributed by atoms with Gasteiger partial charge in [-0.3, -0.25) is 0 Å². The van der Waals surface area contributed by atoms with Crippen LogP contribution in [0.1, 0.15) is 45.2 Å². The third kappa shape index (κ3) is 3.71. The minimum atomic E-state index is -0.159. The largest absolute Gasteiger partial charge is 0.378 e. The number of rotatable bonds is 5. The summed E-state index contributed by atoms with van der Waals surface area (Å²) in [6.07, 6.45) is 9.06. The molecule has 1 heterocycles. The summed E-state index contributed by atoms with van der Waals surface area (Å²) in [5.41, 5.74) is 6.57. The molecule has 1 atom stereocenters. The van der Waals surface area contributed by atoms with Crippen LogP contribution in [0.3, 0.4) is 0 Å². The van der Waals surface area contributed by atoms with E-state index in [0.29, 0.717) is 5.92 Å². The maximum absolute atomic E-state index is 3.67. The number of hydrogen-bond acceptors (Lipinski definition) is 1. The van der Waals surface area contributed by atoms with Crippen LogP contribution in [0.2, 0.25) is 0 Å². The molecule has 0 radical (unpaired) electrons. The van der Waals surface area contributed by atoms with Gasteiger partial charge in [0.15, 0.2) is 0 Å². The Hall–Kier alpha value is -2.28. The summed E-state index contributed by atoms with van der Waals surface area (Å²) in [5.74, 6) is 0.541. The Balaban J connectivity index is 2.03. The molecule has 1 N–H and O–H groups in total. The summed E-state index contributed by atoms with van der Waals surface area (Å²) in [6.45, 7) is 9.00. The fraction of sp³-hybridized carbons (Fsp3) is 0.333. The molecule has 0 saturated heterocycles. The SMILES string of the molecule is CCCc1ccc(-c2ccccc2)cc1C1(C)C=CC(C(C)C)=CN1. The number of nitrogens with one attached hydrogen (secondary N) is 1. The van der Waals surface area contributed by atoms with Crippen LogP contribution in [-0.4, -0.2) is 0 Å². The maximum atomic E-state index is 3.67. The van der Waals surface area contributed by atoms with Gasteiger partial charge in [-0.25, -0.2) is 0 Å². The van der Waals surface area contributed by atoms with E-state index in [1.54, 1.807) is 0 Å². The van der Waals surface area contributed by atoms with Gasteiger partial charge in [0.05, 0.1) is 5.54 Å². The summed E-state index contributed by atoms with van der Waals surface area (Å²) >= 11 is 0. The van der Waals surface area contributed by atoms with Gasteiger partial charge in [0.2, 0.25) is 0 Å². The molecule has 0 amide bonds. The molecule has 130 valence electrons. The molecule has 0 bridgehead atoms. The molecule has 3 rings (SSSR count). The van der Waals surface area contributed by atoms with Gasteiger partial charge in [0, 0.05) is 6.20 Å². The second kappa shape index (κ2) is 7.31. The molecular formula is C24H29N. The van der Waals surface area contributed by atoms with Crippen molar-refractivity contribution in [3.8, 4) is 11.1 Å². The smallest absolute Gasteiger partial charge is 0.0782 e. The van der Waals surface area contributed by atoms with E-state index >= 15 is 0 Å². The summed E-state index contributed by atoms with van der Waals surface area (Å²) in [5, 5.41) is 3.67. The van der Waals surface area contributed by atoms with Gasteiger partial charge in [-0.2, -0.15) is 0 Å². The van der Waals surface area contributed by atoms with Crippen molar-refractivity contribution in [2.24, 2.45) is 5.92 Å². The Morgan fingerprint density at radius 2 is 1.76 bits per heavy atom. The van der Waals surface area contributed by atoms with Crippen molar-refractivity contribution in [3.05, 3.63) is 83.6 Å². The molecule has 1 heteroatoms. The van der Waals surface area contributed by atoms with Crippen LogP contribution in [0, 0.1) is 5.92 Å². The van der Waals surface area contributed by atoms with Crippen molar-refractivity contribution in [2.45, 2.75) is 46.1 Å². The summed E-state index contributed by atoms with van der Waals surface area (Å²) in [7, 11) is 0. The standard InChI is InChI=1S/C24H29N/c1-5-9-20-12-13-21(19-10-7-6-8-11-19)16-23(20)24(4)15-14-22(17-25-24)18(2)3/h6-8,10-18,25H,5,9H2,1-4H3. The zero-order valence-corrected chi connectivity index (χ0v) is 15.8. The van der Waals surface area contributed by atoms with Gasteiger partial charge in [-0.1, -0.05) is 81.8 Å². The van der Waals surface area contributed by atoms with Crippen LogP contribution in [0.4, 0.5) is 0 Å². The zero-order chi connectivity index (χ0) is 17.9. The van der Waals surface area contributed by atoms with E-state index in [1.165, 1.54) is 27.8 Å². The Morgan fingerprint density at radius 1 is 1.00 bits per heavy atom. The lowest BCUT2D eigenvalue weighted by Crippen LogP contribution is -2.37. The van der Waals surface area contributed by atoms with Crippen LogP contribution >= 0.6 is 0 Å². The van der Waals surface area contributed by atoms with E-state index in [4.69, 9.17) is 0 Å². The summed E-state index contributed by atoms with van der Waals surface area (Å²) in [4.78, 5) is 0. The zero-order valence-electron chi connectivity index (χ0n) is 15.8. The van der Waals surface area contributed by atoms with Crippen LogP contribution in [0.25, 0.3) is 11.1 Å². The van der Waals surface area contributed by atoms with Crippen molar-refractivity contribution >= 4 is 0 Å². The molecule has 1 aliphatic heterocycles. The number of dihydropyridines is 1. The van der Waals surface area contributed by atoms with Crippen LogP contribution < -0.4 is 5.32 Å². The predicted octanol–water partition coefficient (Wildman–Crippen LogP) is 6.22. The second-order valence-corrected chi connectivity index (χ2v) is 7.47. The molecule has 2 aromatic carbocycles. The Kier molecular flexibility index (Phi) is 5.13. The quantitative estimate of drug-likeness (QED) is 0.685. The van der Waals surface area contributed by atoms with E-state index in [1.807, 2.05) is 0 Å². The van der Waals surface area contributed by atoms with E-state index in [2.05, 4.69) is 99.9 Å². The first-order valence-corrected chi connectivity index (χ1v) is 9.39. The van der Waals surface area contributed by atoms with Crippen LogP contribution in [0.5, 0.6) is 0 Å². The molecule has 0 fully saturated rings. The number of benzene rings is 2. The Morgan fingerprint density at radius 3 is 2.36 bits per heavy atom. The normalized spacial score (nSPS) is 19.6. The Bertz CT molecular complexity index is 783. The monoisotopic (exact) mass is 331 g/mol. The first-order chi connectivity index (χ1) is 12.0. The van der Waals surface area contributed by atoms with E-state index in [9.17, 15) is 0 Å². The van der Waals surface area contributed by atoms with Crippen LogP contribution in [0.15, 0.2) is 72.5 Å². The molecule has 1 unspecified atom stereocenters. The maximum Gasteiger partial charge on any atom is 0.0782 e. The molecule has 0 aliphatic carbocycles. The van der Waals surface area contributed by atoms with Crippen molar-refractivity contribution in [1.82, 2.24) is 5.32 Å². The molecule has 25 heavy (non-hydrogen) atoms. The summed E-state index contributed by atoms with van der Waals surface area (Å²) < 4.78 is 0. The Labute approximate surface area is 152 Å². The lowest BCUT2D eigenvalue weighted by molar-refractivity contribution is 0.509. The first-order valence-electron chi connectivity index (χ1n) is 9.39. The minimum absolute atomic E-state index is 0.159. The number of aryl methyl sites for hydroxylation is 1. The topological polar surface area (TPSA) is 12.0 Å². The summed E-state index contributed by atoms with van der Waals surface area (Å²) in [6, 6.07) is 17.6. The van der Waals surface area contributed by atoms with Crippen molar-refractivity contribution < 1.29 is 0 Å². The van der Waals surface area contributed by atoms with Gasteiger partial charge in [-0.15, -0.1) is 0 Å². The number of allylic oxidation sites excluding steroid dienone is 2. The van der Waals surface area contributed by atoms with Gasteiger partial charge < -0.3 is 5.32 Å². The molecular weight excluding hydrogens is 302 g/mol. The van der Waals surface area contributed by atoms with Gasteiger partial charge in [0.1, 0.15) is 0 Å². The van der Waals surface area contributed by atoms with Crippen molar-refractivity contribution in [2.75, 3.05) is 0 Å². The van der Waals surface area contributed by atoms with Crippen molar-refractivity contribution in [3.63, 3.8) is 0 Å². The lowest BCUT2D eigenvalue weighted by Gasteiger charge is -2.34. The highest BCUT2D eigenvalue weighted by molar-refractivity contribution is 5.66. The van der Waals surface area contributed by atoms with Gasteiger partial charge in [0.25, 0.3) is 0 Å². The van der Waals surface area contributed by atoms with Gasteiger partial charge in [-0.05, 0) is 53.2 Å². The predicted molar refractivity (Wildman–Crippen MR) is 108 cm³/mol. The minimum Gasteiger partial charge on any atom is -0.378 e. The molecule has 2 aromatic rings. The highest BCUT2D eigenvalue weighted by Gasteiger charge is 2.27. The lowest BCUT2D eigenvalue weighted by atomic mass is 9.82. The third-order valence-corrected chi connectivity index (χ3v) is 5.11. The molecule has 0 spiro atoms. The first kappa shape index (κ1) is 17.5. The number of hydrogen-bond donors (Lipinski definition) is 1. The third-order valence-electron chi connectivity index (χ3n) is 5.11. The van der Waals surface area contributed by atoms with Crippen LogP contribution in [-0.2, 0) is 12.0 Å². The molecule has 1 aliphatic rings. The van der Waals surface area contributed by atoms with Crippen molar-refractivity contribution in [1.29, 1.82) is 0 Å². The van der Waals surface area contributed by atoms with Gasteiger partial charge >= 0.3 is 0 Å². The second-order valence-electron chi connectivity index (χ2n) is 7.47. The fourth-order valence-electron chi connectivity index (χ4n) is 3.48. The average molecular weight is 332 g/mol. The molecule has 1 nitrogen and oxygen atoms in total. The van der Waals surface area contributed by atoms with E-state index in [0.717, 1.165) is 12.8 Å². The highest BCUT2D eigenvalue weighted by atomic mass is 14.9. The average Bonchev–Trinajstić information content (AvgIpc) is 2.63. The van der Waals surface area contributed by atoms with E-state index < -0.39 is 0 Å². The van der Waals surface area contributed by atoms with E-state index in [-0.39, 0.29) is 5.54 Å². The highest BCUT2D eigenvalue weighted by Crippen LogP contribution is 2.34.